The van der Waals surface area contributed by atoms with Gasteiger partial charge in [-0.2, -0.15) is 0 Å². The number of carbonyl (C=O) groups is 1. The van der Waals surface area contributed by atoms with Gasteiger partial charge in [0.25, 0.3) is 0 Å². The standard InChI is InChI=1S/C16H35NO3Si/c1-20-21(2,3)15-11-9-7-5-4-6-8-10-13-17-14-12-16(18)19/h17H,4-15H2,1-3H3,(H,18,19). The molecule has 0 spiro atoms. The molecule has 0 aromatic heterocycles. The summed E-state index contributed by atoms with van der Waals surface area (Å²) in [5.41, 5.74) is 0. The predicted molar refractivity (Wildman–Crippen MR) is 91.4 cm³/mol. The molecule has 0 unspecified atom stereocenters. The molecule has 2 N–H and O–H groups in total. The van der Waals surface area contributed by atoms with Gasteiger partial charge in [0, 0.05) is 13.7 Å². The number of hydrogen-bond donors (Lipinski definition) is 2. The Hall–Kier alpha value is -0.393. The molecule has 0 aromatic rings. The van der Waals surface area contributed by atoms with Crippen molar-refractivity contribution in [2.24, 2.45) is 0 Å². The highest BCUT2D eigenvalue weighted by Gasteiger charge is 2.18. The Morgan fingerprint density at radius 1 is 0.952 bits per heavy atom. The Bertz CT molecular complexity index is 260. The van der Waals surface area contributed by atoms with Crippen molar-refractivity contribution < 1.29 is 14.3 Å². The quantitative estimate of drug-likeness (QED) is 0.354. The molecule has 0 aliphatic rings. The van der Waals surface area contributed by atoms with Gasteiger partial charge in [-0.15, -0.1) is 0 Å². The Morgan fingerprint density at radius 3 is 2.00 bits per heavy atom. The van der Waals surface area contributed by atoms with Crippen molar-refractivity contribution in [2.45, 2.75) is 76.9 Å². The van der Waals surface area contributed by atoms with Crippen LogP contribution in [0.15, 0.2) is 0 Å². The average Bonchev–Trinajstić information content (AvgIpc) is 2.43. The molecule has 126 valence electrons. The zero-order valence-corrected chi connectivity index (χ0v) is 15.2. The van der Waals surface area contributed by atoms with Gasteiger partial charge in [-0.1, -0.05) is 44.9 Å². The summed E-state index contributed by atoms with van der Waals surface area (Å²) in [5, 5.41) is 11.7. The summed E-state index contributed by atoms with van der Waals surface area (Å²) in [4.78, 5) is 10.3. The smallest absolute Gasteiger partial charge is 0.304 e. The highest BCUT2D eigenvalue weighted by atomic mass is 28.4. The van der Waals surface area contributed by atoms with E-state index < -0.39 is 14.3 Å². The topological polar surface area (TPSA) is 58.6 Å². The third kappa shape index (κ3) is 15.8. The van der Waals surface area contributed by atoms with Gasteiger partial charge in [-0.05, 0) is 32.1 Å². The molecule has 5 heteroatoms. The summed E-state index contributed by atoms with van der Waals surface area (Å²) in [5.74, 6) is -0.723. The maximum atomic E-state index is 10.3. The molecule has 0 atom stereocenters. The first-order valence-electron chi connectivity index (χ1n) is 8.45. The lowest BCUT2D eigenvalue weighted by Crippen LogP contribution is -2.27. The Labute approximate surface area is 131 Å². The molecule has 0 aromatic carbocycles. The van der Waals surface area contributed by atoms with Crippen LogP contribution in [0, 0.1) is 0 Å². The molecule has 0 heterocycles. The van der Waals surface area contributed by atoms with Crippen LogP contribution in [0.4, 0.5) is 0 Å². The van der Waals surface area contributed by atoms with Gasteiger partial charge in [0.05, 0.1) is 6.42 Å². The first kappa shape index (κ1) is 20.6. The summed E-state index contributed by atoms with van der Waals surface area (Å²) in [6.45, 7) is 6.12. The molecule has 0 amide bonds. The zero-order valence-electron chi connectivity index (χ0n) is 14.2. The minimum Gasteiger partial charge on any atom is -0.481 e. The lowest BCUT2D eigenvalue weighted by atomic mass is 10.1. The highest BCUT2D eigenvalue weighted by molar-refractivity contribution is 6.71. The third-order valence-electron chi connectivity index (χ3n) is 3.95. The fraction of sp³-hybridized carbons (Fsp3) is 0.938. The van der Waals surface area contributed by atoms with E-state index in [1.807, 2.05) is 7.11 Å². The van der Waals surface area contributed by atoms with Crippen LogP contribution < -0.4 is 5.32 Å². The van der Waals surface area contributed by atoms with Crippen molar-refractivity contribution >= 4 is 14.3 Å². The van der Waals surface area contributed by atoms with Gasteiger partial charge in [-0.25, -0.2) is 0 Å². The molecule has 21 heavy (non-hydrogen) atoms. The van der Waals surface area contributed by atoms with E-state index in [0.29, 0.717) is 6.54 Å². The van der Waals surface area contributed by atoms with Crippen molar-refractivity contribution in [3.8, 4) is 0 Å². The molecule has 0 aliphatic carbocycles. The van der Waals surface area contributed by atoms with Crippen molar-refractivity contribution in [3.05, 3.63) is 0 Å². The fourth-order valence-corrected chi connectivity index (χ4v) is 3.59. The summed E-state index contributed by atoms with van der Waals surface area (Å²) in [7, 11) is 0.525. The van der Waals surface area contributed by atoms with Gasteiger partial charge in [0.2, 0.25) is 0 Å². The van der Waals surface area contributed by atoms with E-state index in [1.54, 1.807) is 0 Å². The van der Waals surface area contributed by atoms with Crippen LogP contribution in [0.1, 0.15) is 57.8 Å². The molecule has 0 rings (SSSR count). The first-order valence-corrected chi connectivity index (χ1v) is 11.6. The van der Waals surface area contributed by atoms with Crippen LogP contribution in [-0.4, -0.2) is 39.6 Å². The molecular weight excluding hydrogens is 282 g/mol. The monoisotopic (exact) mass is 317 g/mol. The largest absolute Gasteiger partial charge is 0.481 e. The van der Waals surface area contributed by atoms with E-state index in [4.69, 9.17) is 9.53 Å². The Balaban J connectivity index is 3.11. The second-order valence-electron chi connectivity index (χ2n) is 6.44. The normalized spacial score (nSPS) is 11.8. The predicted octanol–water partition coefficient (Wildman–Crippen LogP) is 4.02. The average molecular weight is 318 g/mol. The van der Waals surface area contributed by atoms with E-state index in [1.165, 1.54) is 51.0 Å². The zero-order chi connectivity index (χ0) is 16.0. The summed E-state index contributed by atoms with van der Waals surface area (Å²) in [6.07, 6.45) is 10.6. The minimum atomic E-state index is -1.33. The van der Waals surface area contributed by atoms with Crippen LogP contribution in [0.5, 0.6) is 0 Å². The second kappa shape index (κ2) is 13.3. The van der Waals surface area contributed by atoms with E-state index in [9.17, 15) is 4.79 Å². The molecule has 0 saturated carbocycles. The highest BCUT2D eigenvalue weighted by Crippen LogP contribution is 2.16. The number of unbranched alkanes of at least 4 members (excludes halogenated alkanes) is 7. The van der Waals surface area contributed by atoms with Crippen molar-refractivity contribution in [2.75, 3.05) is 20.2 Å². The number of hydrogen-bond acceptors (Lipinski definition) is 3. The minimum absolute atomic E-state index is 0.225. The lowest BCUT2D eigenvalue weighted by Gasteiger charge is -2.19. The Kier molecular flexibility index (Phi) is 13.0. The number of aliphatic carboxylic acids is 1. The second-order valence-corrected chi connectivity index (χ2v) is 10.9. The van der Waals surface area contributed by atoms with Crippen LogP contribution in [0.25, 0.3) is 0 Å². The Morgan fingerprint density at radius 2 is 1.48 bits per heavy atom. The molecule has 0 saturated heterocycles. The molecule has 0 fully saturated rings. The fourth-order valence-electron chi connectivity index (χ4n) is 2.28. The van der Waals surface area contributed by atoms with Gasteiger partial charge < -0.3 is 14.8 Å². The van der Waals surface area contributed by atoms with Gasteiger partial charge in [-0.3, -0.25) is 4.79 Å². The van der Waals surface area contributed by atoms with Crippen LogP contribution in [-0.2, 0) is 9.22 Å². The number of nitrogens with one attached hydrogen (secondary N) is 1. The number of rotatable bonds is 15. The number of carboxylic acids is 1. The molecule has 0 radical (unpaired) electrons. The summed E-state index contributed by atoms with van der Waals surface area (Å²) < 4.78 is 5.55. The third-order valence-corrected chi connectivity index (χ3v) is 6.61. The molecular formula is C16H35NO3Si. The van der Waals surface area contributed by atoms with Crippen LogP contribution in [0.3, 0.4) is 0 Å². The van der Waals surface area contributed by atoms with Gasteiger partial charge in [0.1, 0.15) is 0 Å². The molecule has 0 bridgehead atoms. The maximum Gasteiger partial charge on any atom is 0.304 e. The van der Waals surface area contributed by atoms with Crippen LogP contribution in [0.2, 0.25) is 19.1 Å². The molecule has 0 aliphatic heterocycles. The maximum absolute atomic E-state index is 10.3. The SMILES string of the molecule is CO[Si](C)(C)CCCCCCCCCCNCCC(=O)O. The summed E-state index contributed by atoms with van der Waals surface area (Å²) >= 11 is 0. The first-order chi connectivity index (χ1) is 9.98. The van der Waals surface area contributed by atoms with Crippen LogP contribution >= 0.6 is 0 Å². The van der Waals surface area contributed by atoms with E-state index >= 15 is 0 Å². The van der Waals surface area contributed by atoms with Crippen molar-refractivity contribution in [3.63, 3.8) is 0 Å². The van der Waals surface area contributed by atoms with Gasteiger partial charge >= 0.3 is 5.97 Å². The van der Waals surface area contributed by atoms with Gasteiger partial charge in [0.15, 0.2) is 8.32 Å². The molecule has 4 nitrogen and oxygen atoms in total. The van der Waals surface area contributed by atoms with Crippen molar-refractivity contribution in [1.29, 1.82) is 0 Å². The van der Waals surface area contributed by atoms with E-state index in [-0.39, 0.29) is 6.42 Å². The van der Waals surface area contributed by atoms with E-state index in [0.717, 1.165) is 13.0 Å². The van der Waals surface area contributed by atoms with E-state index in [2.05, 4.69) is 18.4 Å². The number of carboxylic acid groups (broad SMARTS) is 1. The van der Waals surface area contributed by atoms with Crippen molar-refractivity contribution in [1.82, 2.24) is 5.32 Å². The lowest BCUT2D eigenvalue weighted by molar-refractivity contribution is -0.136. The summed E-state index contributed by atoms with van der Waals surface area (Å²) in [6, 6.07) is 1.28.